The smallest absolute Gasteiger partial charge is 1.00 e. The number of aldehydes is 1. The van der Waals surface area contributed by atoms with Crippen molar-refractivity contribution in [3.8, 4) is 0 Å². The molecule has 19 nitrogen and oxygen atoms in total. The number of unbranched alkanes of at least 4 members (excludes halogenated alkanes) is 6. The molecule has 4 rings (SSSR count). The van der Waals surface area contributed by atoms with Crippen LogP contribution in [0.3, 0.4) is 0 Å². The predicted molar refractivity (Wildman–Crippen MR) is 321 cm³/mol. The molecule has 2 saturated heterocycles. The Morgan fingerprint density at radius 3 is 1.41 bits per heavy atom. The van der Waals surface area contributed by atoms with E-state index < -0.39 is 62.4 Å². The van der Waals surface area contributed by atoms with E-state index in [4.69, 9.17) is 48.0 Å². The Balaban J connectivity index is -0.000000621. The molecule has 0 spiro atoms. The summed E-state index contributed by atoms with van der Waals surface area (Å²) in [5.41, 5.74) is 0. The van der Waals surface area contributed by atoms with Gasteiger partial charge in [-0.1, -0.05) is 92.6 Å². The van der Waals surface area contributed by atoms with Crippen molar-refractivity contribution in [2.45, 2.75) is 252 Å². The first-order chi connectivity index (χ1) is 40.4. The van der Waals surface area contributed by atoms with Crippen LogP contribution >= 0.6 is 8.15 Å². The third-order valence-corrected chi connectivity index (χ3v) is 17.1. The Morgan fingerprint density at radius 2 is 1.05 bits per heavy atom. The molecule has 504 valence electrons. The Labute approximate surface area is 530 Å². The van der Waals surface area contributed by atoms with Crippen LogP contribution in [0.2, 0.25) is 0 Å². The maximum atomic E-state index is 14.6. The monoisotopic (exact) mass is 1270 g/mol. The predicted octanol–water partition coefficient (Wildman–Crippen LogP) is 10.1. The number of allylic oxidation sites excluding steroid dienone is 1. The summed E-state index contributed by atoms with van der Waals surface area (Å²) in [5, 5.41) is 7.00. The van der Waals surface area contributed by atoms with Crippen molar-refractivity contribution in [3.63, 3.8) is 0 Å². The molecule has 0 bridgehead atoms. The minimum absolute atomic E-state index is 0. The number of halogens is 4. The molecule has 87 heavy (non-hydrogen) atoms. The number of alkyl halides is 4. The van der Waals surface area contributed by atoms with Crippen LogP contribution in [0.15, 0.2) is 12.2 Å². The quantitative estimate of drug-likeness (QED) is 0.00918. The summed E-state index contributed by atoms with van der Waals surface area (Å²) in [5.74, 6) is -11.2. The van der Waals surface area contributed by atoms with Gasteiger partial charge in [0, 0.05) is 122 Å². The van der Waals surface area contributed by atoms with E-state index >= 15 is 0 Å². The Hall–Kier alpha value is -3.26. The van der Waals surface area contributed by atoms with E-state index in [1.807, 2.05) is 13.8 Å². The third-order valence-electron chi connectivity index (χ3n) is 15.8. The molecule has 2 heterocycles. The molecule has 2 saturated carbocycles. The van der Waals surface area contributed by atoms with Gasteiger partial charge in [0.2, 0.25) is 11.6 Å². The molecule has 5 unspecified atom stereocenters. The second-order valence-electron chi connectivity index (χ2n) is 22.3. The number of aliphatic hydroxyl groups excluding tert-OH is 1. The third kappa shape index (κ3) is 36.4. The molecule has 4 aliphatic rings. The second kappa shape index (κ2) is 50.4. The van der Waals surface area contributed by atoms with Gasteiger partial charge in [0.25, 0.3) is 0 Å². The molecule has 2 aliphatic carbocycles. The average molecular weight is 1270 g/mol. The van der Waals surface area contributed by atoms with Crippen LogP contribution < -0.4 is 18.9 Å². The fourth-order valence-corrected chi connectivity index (χ4v) is 11.5. The summed E-state index contributed by atoms with van der Waals surface area (Å²) < 4.78 is 105. The van der Waals surface area contributed by atoms with Gasteiger partial charge in [-0.25, -0.2) is 0 Å². The molecule has 2 aliphatic heterocycles. The van der Waals surface area contributed by atoms with Crippen LogP contribution in [0.5, 0.6) is 0 Å². The van der Waals surface area contributed by atoms with Crippen LogP contribution in [0, 0.1) is 45.4 Å². The maximum absolute atomic E-state index is 14.6. The fourth-order valence-electron chi connectivity index (χ4n) is 10.7. The van der Waals surface area contributed by atoms with Crippen molar-refractivity contribution in [1.82, 2.24) is 0 Å². The van der Waals surface area contributed by atoms with E-state index in [9.17, 15) is 51.1 Å². The van der Waals surface area contributed by atoms with Crippen LogP contribution in [0.4, 0.5) is 17.6 Å². The first kappa shape index (κ1) is 87.9. The summed E-state index contributed by atoms with van der Waals surface area (Å²) in [6.45, 7) is 12.8. The Morgan fingerprint density at radius 1 is 0.644 bits per heavy atom. The van der Waals surface area contributed by atoms with Gasteiger partial charge in [0.05, 0.1) is 32.6 Å². The number of methoxy groups -OCH3 is 2. The van der Waals surface area contributed by atoms with Crippen molar-refractivity contribution >= 4 is 49.9 Å². The van der Waals surface area contributed by atoms with Crippen molar-refractivity contribution in [2.75, 3.05) is 54.5 Å². The standard InChI is InChI=1S/C29H46F2O7.C21H34O7.C10H19F2O2P.CH4O.CH4.Li.O2.H/c1-5-20(2)19-29(30,31)26(33)16-15-23-22(12-8-6-7-9-13-27(34)35-4)24(37-21(3)32)18-25(23)38-28-14-10-11-17-36-28;1-15(23)27-18-13-19(28-21-11-7-8-12-26-21)17(14-22)16(18)9-5-3-4-6-10-20(24)25-2;1-5-8(2)6-10(11,12)9(13)7-15(4)14-3;1-2;;;1-2;/h15-16,20,22-25,28H,5-14,17-19H2,1-4H3;14,16-19,21H,3-13H2,1-2H3;8H,5-7H2,1-4H3;2H,1H3;1H4;;;/q;;;;;+1;;-1/b16-15+;;;;;;;/t20-,22?,23+,24-,25+,28?;16?,17-,18+,19-,21?;8-,15?;;;;;/m010...../s1. The second-order valence-corrected chi connectivity index (χ2v) is 24.3. The van der Waals surface area contributed by atoms with E-state index in [1.165, 1.54) is 35.2 Å². The number of hydrogen-bond donors (Lipinski definition) is 1. The van der Waals surface area contributed by atoms with Gasteiger partial charge in [0.1, 0.15) is 18.5 Å². The fraction of sp³-hybridized carbons (Fsp3) is 0.855. The van der Waals surface area contributed by atoms with Gasteiger partial charge in [-0.2, -0.15) is 17.6 Å². The molecule has 0 radical (unpaired) electrons. The van der Waals surface area contributed by atoms with Crippen molar-refractivity contribution in [1.29, 1.82) is 0 Å². The topological polar surface area (TPSA) is 257 Å². The molecule has 4 fully saturated rings. The van der Waals surface area contributed by atoms with E-state index in [0.717, 1.165) is 116 Å². The summed E-state index contributed by atoms with van der Waals surface area (Å²) >= 11 is 0. The Bertz CT molecular complexity index is 1920. The summed E-state index contributed by atoms with van der Waals surface area (Å²) in [6, 6.07) is 0. The maximum Gasteiger partial charge on any atom is 1.00 e. The number of hydrogen-bond acceptors (Lipinski definition) is 19. The molecule has 0 aromatic carbocycles. The average Bonchev–Trinajstić information content (AvgIpc) is 2.76. The summed E-state index contributed by atoms with van der Waals surface area (Å²) in [6.07, 6.45) is 17.3. The molecule has 1 N–H and O–H groups in total. The first-order valence-electron chi connectivity index (χ1n) is 30.3. The van der Waals surface area contributed by atoms with Crippen LogP contribution in [0.25, 0.3) is 0 Å². The zero-order valence-corrected chi connectivity index (χ0v) is 54.4. The molecular formula is C62H108F4LiO19P. The number of ether oxygens (including phenoxy) is 8. The molecule has 0 amide bonds. The minimum Gasteiger partial charge on any atom is -1.00 e. The number of ketones is 2. The van der Waals surface area contributed by atoms with Gasteiger partial charge in [-0.3, -0.25) is 28.8 Å². The molecular weight excluding hydrogens is 1160 g/mol. The van der Waals surface area contributed by atoms with E-state index in [1.54, 1.807) is 26.6 Å². The van der Waals surface area contributed by atoms with Gasteiger partial charge < -0.3 is 53.7 Å². The van der Waals surface area contributed by atoms with Gasteiger partial charge >= 0.3 is 54.6 Å². The largest absolute Gasteiger partial charge is 1.00 e. The molecule has 25 heteroatoms. The Kier molecular flexibility index (Phi) is 50.9. The van der Waals surface area contributed by atoms with Crippen LogP contribution in [-0.4, -0.2) is 150 Å². The number of Topliss-reactive ketones (excluding diaryl/α,β-unsaturated/α-hetero) is 1. The van der Waals surface area contributed by atoms with Crippen molar-refractivity contribution in [3.05, 3.63) is 22.1 Å². The van der Waals surface area contributed by atoms with E-state index in [2.05, 4.69) is 9.47 Å². The van der Waals surface area contributed by atoms with E-state index in [-0.39, 0.29) is 112 Å². The molecule has 0 aromatic heterocycles. The number of rotatable bonds is 34. The van der Waals surface area contributed by atoms with Gasteiger partial charge in [-0.15, -0.1) is 0 Å². The zero-order valence-electron chi connectivity index (χ0n) is 54.5. The summed E-state index contributed by atoms with van der Waals surface area (Å²) in [4.78, 5) is 95.5. The van der Waals surface area contributed by atoms with Crippen LogP contribution in [0.1, 0.15) is 204 Å². The van der Waals surface area contributed by atoms with Crippen LogP contribution in [-0.2, 0) is 76.0 Å². The molecule has 0 aromatic rings. The number of aliphatic hydroxyl groups is 1. The SMILES string of the molecule is C.CC[C@H](C)CC(F)(F)C(=O)/C=C/[C@@H]1C(CCCCCCC(=O)OC)[C@@H](OC(C)=O)C[C@H]1OC1CCCCO1.CC[C@H](C)CC(F)(F)C(=O)CP(C)OC.CO.COC(=O)CCCCCCC1[C@@H](OC(C)=O)C[C@@H](OC2CCCCO2)[C@@H]1C=O.O=O.[H-].[Li+]. The molecule has 13 atom stereocenters. The zero-order chi connectivity index (χ0) is 64.5. The normalized spacial score (nSPS) is 24.3. The van der Waals surface area contributed by atoms with E-state index in [0.29, 0.717) is 58.2 Å². The number of esters is 4. The summed E-state index contributed by atoms with van der Waals surface area (Å²) in [7, 11) is 4.16. The first-order valence-corrected chi connectivity index (χ1v) is 32.2. The van der Waals surface area contributed by atoms with Gasteiger partial charge in [-0.05, 0) is 88.8 Å². The number of carbonyl (C=O) groups is 7. The minimum atomic E-state index is -3.43. The van der Waals surface area contributed by atoms with Crippen molar-refractivity contribution in [2.24, 2.45) is 35.5 Å². The number of carbonyl (C=O) groups excluding carboxylic acids is 7. The van der Waals surface area contributed by atoms with Gasteiger partial charge in [0.15, 0.2) is 12.6 Å². The van der Waals surface area contributed by atoms with Crippen molar-refractivity contribution < 1.29 is 119 Å².